The lowest BCUT2D eigenvalue weighted by molar-refractivity contribution is -0.0540. The molecule has 3 atom stereocenters. The average molecular weight is 393 g/mol. The van der Waals surface area contributed by atoms with Crippen LogP contribution in [0.2, 0.25) is 0 Å². The molecular weight excluding hydrogens is 365 g/mol. The zero-order valence-electron chi connectivity index (χ0n) is 16.7. The monoisotopic (exact) mass is 393 g/mol. The average Bonchev–Trinajstić information content (AvgIpc) is 2.60. The predicted octanol–water partition coefficient (Wildman–Crippen LogP) is 2.11. The number of aliphatic hydroxyl groups is 2. The summed E-state index contributed by atoms with van der Waals surface area (Å²) in [6.07, 6.45) is -2.04. The van der Waals surface area contributed by atoms with Gasteiger partial charge in [-0.15, -0.1) is 0 Å². The molecule has 0 aromatic heterocycles. The molecule has 8 heteroatoms. The molecule has 3 N–H and O–H groups in total. The van der Waals surface area contributed by atoms with Crippen LogP contribution in [-0.2, 0) is 0 Å². The number of nitriles is 1. The Balaban J connectivity index is 2.31. The molecule has 1 saturated heterocycles. The van der Waals surface area contributed by atoms with Crippen LogP contribution in [0.5, 0.6) is 0 Å². The van der Waals surface area contributed by atoms with Gasteiger partial charge in [0, 0.05) is 19.6 Å². The molecule has 1 aliphatic heterocycles. The van der Waals surface area contributed by atoms with Crippen LogP contribution in [0, 0.1) is 29.5 Å². The Morgan fingerprint density at radius 2 is 2.04 bits per heavy atom. The van der Waals surface area contributed by atoms with Crippen molar-refractivity contribution in [2.75, 3.05) is 26.2 Å². The van der Waals surface area contributed by atoms with Crippen LogP contribution in [0.25, 0.3) is 0 Å². The van der Waals surface area contributed by atoms with Gasteiger partial charge in [-0.2, -0.15) is 5.26 Å². The molecule has 154 valence electrons. The van der Waals surface area contributed by atoms with Crippen LogP contribution in [0.1, 0.15) is 43.6 Å². The highest BCUT2D eigenvalue weighted by atomic mass is 19.1. The van der Waals surface area contributed by atoms with E-state index in [1.165, 1.54) is 11.0 Å². The van der Waals surface area contributed by atoms with Gasteiger partial charge in [-0.1, -0.05) is 26.8 Å². The van der Waals surface area contributed by atoms with Gasteiger partial charge in [0.2, 0.25) is 0 Å². The van der Waals surface area contributed by atoms with Gasteiger partial charge in [-0.25, -0.2) is 9.18 Å². The van der Waals surface area contributed by atoms with Crippen molar-refractivity contribution < 1.29 is 24.5 Å². The molecular formula is C20H28FN3O4. The summed E-state index contributed by atoms with van der Waals surface area (Å²) < 4.78 is 13.8. The van der Waals surface area contributed by atoms with Crippen molar-refractivity contribution in [2.24, 2.45) is 5.41 Å². The molecule has 7 nitrogen and oxygen atoms in total. The maximum absolute atomic E-state index is 13.8. The summed E-state index contributed by atoms with van der Waals surface area (Å²) in [6.45, 7) is 7.83. The van der Waals surface area contributed by atoms with Crippen molar-refractivity contribution in [3.05, 3.63) is 34.6 Å². The summed E-state index contributed by atoms with van der Waals surface area (Å²) in [5, 5.41) is 39.5. The van der Waals surface area contributed by atoms with E-state index in [1.54, 1.807) is 6.92 Å². The number of amides is 1. The minimum atomic E-state index is -1.04. The van der Waals surface area contributed by atoms with Crippen molar-refractivity contribution in [3.63, 3.8) is 0 Å². The molecule has 28 heavy (non-hydrogen) atoms. The van der Waals surface area contributed by atoms with E-state index in [0.717, 1.165) is 6.07 Å². The minimum Gasteiger partial charge on any atom is -0.465 e. The van der Waals surface area contributed by atoms with Gasteiger partial charge in [0.15, 0.2) is 0 Å². The normalized spacial score (nSPS) is 22.0. The summed E-state index contributed by atoms with van der Waals surface area (Å²) in [4.78, 5) is 14.9. The third-order valence-corrected chi connectivity index (χ3v) is 5.45. The fourth-order valence-electron chi connectivity index (χ4n) is 4.16. The zero-order valence-corrected chi connectivity index (χ0v) is 16.7. The Morgan fingerprint density at radius 3 is 2.54 bits per heavy atom. The van der Waals surface area contributed by atoms with Gasteiger partial charge >= 0.3 is 6.09 Å². The number of benzene rings is 1. The highest BCUT2D eigenvalue weighted by Crippen LogP contribution is 2.33. The minimum absolute atomic E-state index is 0.0986. The molecule has 2 rings (SSSR count). The van der Waals surface area contributed by atoms with Crippen LogP contribution in [-0.4, -0.2) is 69.5 Å². The van der Waals surface area contributed by atoms with Crippen LogP contribution in [0.15, 0.2) is 12.1 Å². The lowest BCUT2D eigenvalue weighted by Gasteiger charge is -2.51. The van der Waals surface area contributed by atoms with Crippen LogP contribution < -0.4 is 0 Å². The van der Waals surface area contributed by atoms with E-state index in [-0.39, 0.29) is 25.3 Å². The Morgan fingerprint density at radius 1 is 1.39 bits per heavy atom. The summed E-state index contributed by atoms with van der Waals surface area (Å²) in [6, 6.07) is 3.49. The smallest absolute Gasteiger partial charge is 0.407 e. The molecule has 0 saturated carbocycles. The van der Waals surface area contributed by atoms with E-state index in [9.17, 15) is 24.5 Å². The van der Waals surface area contributed by atoms with E-state index in [0.29, 0.717) is 17.7 Å². The van der Waals surface area contributed by atoms with Crippen molar-refractivity contribution in [3.8, 4) is 6.07 Å². The number of carbonyl (C=O) groups is 1. The van der Waals surface area contributed by atoms with E-state index >= 15 is 0 Å². The van der Waals surface area contributed by atoms with Crippen molar-refractivity contribution in [1.82, 2.24) is 9.80 Å². The standard InChI is InChI=1S/C20H28FN3O4/c1-12-13(5-6-15(21)14(12)9-22)17(26)10-23-7-8-24(19(27)28)18(16(23)11-25)20(2,3)4/h5-6,16-18,25-26H,7-8,10-11H2,1-4H3,(H,27,28)/t16-,17?,18?/m1/s1. The van der Waals surface area contributed by atoms with Gasteiger partial charge in [0.05, 0.1) is 30.4 Å². The number of β-amino-alcohol motifs (C(OH)–C–C–N with tert-alkyl or cyclic N) is 1. The van der Waals surface area contributed by atoms with Gasteiger partial charge in [0.25, 0.3) is 0 Å². The summed E-state index contributed by atoms with van der Waals surface area (Å²) in [5.74, 6) is -0.632. The zero-order chi connectivity index (χ0) is 21.2. The largest absolute Gasteiger partial charge is 0.465 e. The van der Waals surface area contributed by atoms with Crippen molar-refractivity contribution >= 4 is 6.09 Å². The topological polar surface area (TPSA) is 108 Å². The number of rotatable bonds is 4. The molecule has 1 amide bonds. The molecule has 0 radical (unpaired) electrons. The second-order valence-corrected chi connectivity index (χ2v) is 8.30. The first kappa shape index (κ1) is 22.1. The lowest BCUT2D eigenvalue weighted by Crippen LogP contribution is -2.66. The molecule has 1 heterocycles. The molecule has 1 fully saturated rings. The number of hydrogen-bond donors (Lipinski definition) is 3. The Labute approximate surface area is 164 Å². The number of hydrogen-bond acceptors (Lipinski definition) is 5. The fourth-order valence-corrected chi connectivity index (χ4v) is 4.16. The van der Waals surface area contributed by atoms with E-state index in [4.69, 9.17) is 5.26 Å². The highest BCUT2D eigenvalue weighted by Gasteiger charge is 2.45. The Bertz CT molecular complexity index is 772. The number of aliphatic hydroxyl groups excluding tert-OH is 2. The molecule has 1 aromatic carbocycles. The molecule has 0 spiro atoms. The van der Waals surface area contributed by atoms with Crippen LogP contribution in [0.4, 0.5) is 9.18 Å². The van der Waals surface area contributed by atoms with Crippen LogP contribution >= 0.6 is 0 Å². The van der Waals surface area contributed by atoms with E-state index in [1.807, 2.05) is 31.7 Å². The lowest BCUT2D eigenvalue weighted by atomic mass is 9.79. The fraction of sp³-hybridized carbons (Fsp3) is 0.600. The second-order valence-electron chi connectivity index (χ2n) is 8.30. The Kier molecular flexibility index (Phi) is 6.65. The van der Waals surface area contributed by atoms with E-state index in [2.05, 4.69) is 0 Å². The number of halogens is 1. The van der Waals surface area contributed by atoms with Crippen molar-refractivity contribution in [2.45, 2.75) is 45.9 Å². The molecule has 0 bridgehead atoms. The van der Waals surface area contributed by atoms with Gasteiger partial charge in [-0.3, -0.25) is 4.90 Å². The number of nitrogens with zero attached hydrogens (tertiary/aromatic N) is 3. The molecule has 2 unspecified atom stereocenters. The number of carboxylic acid groups (broad SMARTS) is 1. The first-order valence-electron chi connectivity index (χ1n) is 9.24. The first-order chi connectivity index (χ1) is 13.0. The van der Waals surface area contributed by atoms with Crippen molar-refractivity contribution in [1.29, 1.82) is 5.26 Å². The van der Waals surface area contributed by atoms with Gasteiger partial charge < -0.3 is 20.2 Å². The van der Waals surface area contributed by atoms with E-state index < -0.39 is 35.5 Å². The highest BCUT2D eigenvalue weighted by molar-refractivity contribution is 5.66. The second kappa shape index (κ2) is 8.43. The summed E-state index contributed by atoms with van der Waals surface area (Å²) in [7, 11) is 0. The molecule has 1 aromatic rings. The third-order valence-electron chi connectivity index (χ3n) is 5.45. The third kappa shape index (κ3) is 4.27. The molecule has 0 aliphatic carbocycles. The summed E-state index contributed by atoms with van der Waals surface area (Å²) >= 11 is 0. The maximum atomic E-state index is 13.8. The maximum Gasteiger partial charge on any atom is 0.407 e. The first-order valence-corrected chi connectivity index (χ1v) is 9.24. The summed E-state index contributed by atoms with van der Waals surface area (Å²) in [5.41, 5.74) is 0.308. The Hall–Kier alpha value is -2.21. The molecule has 1 aliphatic rings. The quantitative estimate of drug-likeness (QED) is 0.723. The number of piperazine rings is 1. The van der Waals surface area contributed by atoms with Crippen LogP contribution in [0.3, 0.4) is 0 Å². The SMILES string of the molecule is Cc1c(C(O)CN2CCN(C(=O)O)C(C(C)(C)C)[C@H]2CO)ccc(F)c1C#N. The van der Waals surface area contributed by atoms with Gasteiger partial charge in [-0.05, 0) is 29.5 Å². The predicted molar refractivity (Wildman–Crippen MR) is 101 cm³/mol. The van der Waals surface area contributed by atoms with Gasteiger partial charge in [0.1, 0.15) is 11.9 Å².